The molecule has 2 aliphatic heterocycles. The smallest absolute Gasteiger partial charge is 0.00385 e. The van der Waals surface area contributed by atoms with Gasteiger partial charge in [-0.1, -0.05) is 13.3 Å². The van der Waals surface area contributed by atoms with E-state index in [2.05, 4.69) is 31.0 Å². The summed E-state index contributed by atoms with van der Waals surface area (Å²) in [4.78, 5) is 2.65. The van der Waals surface area contributed by atoms with Crippen molar-refractivity contribution in [2.75, 3.05) is 26.2 Å². The second-order valence-electron chi connectivity index (χ2n) is 6.05. The van der Waals surface area contributed by atoms with Crippen LogP contribution in [0.2, 0.25) is 0 Å². The minimum atomic E-state index is 0.686. The van der Waals surface area contributed by atoms with Gasteiger partial charge in [-0.25, -0.2) is 0 Å². The Morgan fingerprint density at radius 3 is 2.50 bits per heavy atom. The largest absolute Gasteiger partial charge is 0.316 e. The lowest BCUT2D eigenvalue weighted by Gasteiger charge is -2.50. The van der Waals surface area contributed by atoms with Gasteiger partial charge in [-0.05, 0) is 70.6 Å². The molecule has 2 saturated heterocycles. The van der Waals surface area contributed by atoms with Crippen LogP contribution >= 0.6 is 0 Å². The number of likely N-dealkylation sites (tertiary alicyclic amines) is 1. The van der Waals surface area contributed by atoms with Crippen LogP contribution in [0.4, 0.5) is 0 Å². The Labute approximate surface area is 101 Å². The Hall–Kier alpha value is -0.0800. The Balaban J connectivity index is 1.98. The topological polar surface area (TPSA) is 15.3 Å². The maximum absolute atomic E-state index is 3.58. The summed E-state index contributed by atoms with van der Waals surface area (Å²) in [7, 11) is 0. The first-order chi connectivity index (χ1) is 7.68. The standard InChI is InChI=1S/C14H28N2/c1-4-13-11-15-8-5-14(13)6-9-16(10-7-14)12(2)3/h12-13,15H,4-11H2,1-3H3. The fourth-order valence-corrected chi connectivity index (χ4v) is 3.76. The van der Waals surface area contributed by atoms with Gasteiger partial charge in [0, 0.05) is 6.04 Å². The quantitative estimate of drug-likeness (QED) is 0.775. The molecule has 2 heteroatoms. The second kappa shape index (κ2) is 5.05. The SMILES string of the molecule is CCC1CNCCC12CCN(C(C)C)CC2. The van der Waals surface area contributed by atoms with Gasteiger partial charge in [-0.2, -0.15) is 0 Å². The van der Waals surface area contributed by atoms with E-state index in [0.29, 0.717) is 5.41 Å². The molecular weight excluding hydrogens is 196 g/mol. The predicted molar refractivity (Wildman–Crippen MR) is 69.6 cm³/mol. The summed E-state index contributed by atoms with van der Waals surface area (Å²) in [6, 6.07) is 0.735. The highest BCUT2D eigenvalue weighted by atomic mass is 15.2. The molecule has 1 unspecified atom stereocenters. The number of hydrogen-bond acceptors (Lipinski definition) is 2. The normalized spacial score (nSPS) is 31.1. The minimum absolute atomic E-state index is 0.686. The second-order valence-corrected chi connectivity index (χ2v) is 6.05. The number of hydrogen-bond donors (Lipinski definition) is 1. The zero-order valence-electron chi connectivity index (χ0n) is 11.3. The van der Waals surface area contributed by atoms with Gasteiger partial charge in [0.1, 0.15) is 0 Å². The third-order valence-electron chi connectivity index (χ3n) is 5.07. The summed E-state index contributed by atoms with van der Waals surface area (Å²) in [6.07, 6.45) is 5.64. The molecule has 2 aliphatic rings. The molecule has 1 atom stereocenters. The third kappa shape index (κ3) is 2.28. The van der Waals surface area contributed by atoms with Gasteiger partial charge in [0.25, 0.3) is 0 Å². The van der Waals surface area contributed by atoms with Gasteiger partial charge in [0.05, 0.1) is 0 Å². The van der Waals surface area contributed by atoms with Crippen molar-refractivity contribution in [3.05, 3.63) is 0 Å². The van der Waals surface area contributed by atoms with Crippen LogP contribution in [0.5, 0.6) is 0 Å². The Kier molecular flexibility index (Phi) is 3.91. The molecule has 0 aromatic rings. The van der Waals surface area contributed by atoms with Crippen LogP contribution in [0, 0.1) is 11.3 Å². The average molecular weight is 224 g/mol. The van der Waals surface area contributed by atoms with E-state index in [1.807, 2.05) is 0 Å². The van der Waals surface area contributed by atoms with Gasteiger partial charge >= 0.3 is 0 Å². The highest BCUT2D eigenvalue weighted by Gasteiger charge is 2.41. The van der Waals surface area contributed by atoms with Crippen LogP contribution in [0.1, 0.15) is 46.5 Å². The number of piperidine rings is 2. The van der Waals surface area contributed by atoms with Gasteiger partial charge in [0.15, 0.2) is 0 Å². The fourth-order valence-electron chi connectivity index (χ4n) is 3.76. The molecule has 0 aromatic heterocycles. The first-order valence-electron chi connectivity index (χ1n) is 7.13. The van der Waals surface area contributed by atoms with Gasteiger partial charge < -0.3 is 10.2 Å². The minimum Gasteiger partial charge on any atom is -0.316 e. The lowest BCUT2D eigenvalue weighted by atomic mass is 9.64. The van der Waals surface area contributed by atoms with E-state index in [-0.39, 0.29) is 0 Å². The summed E-state index contributed by atoms with van der Waals surface area (Å²) in [6.45, 7) is 12.2. The zero-order chi connectivity index (χ0) is 11.6. The highest BCUT2D eigenvalue weighted by Crippen LogP contribution is 2.45. The van der Waals surface area contributed by atoms with Gasteiger partial charge in [-0.3, -0.25) is 0 Å². The van der Waals surface area contributed by atoms with Crippen molar-refractivity contribution >= 4 is 0 Å². The zero-order valence-corrected chi connectivity index (χ0v) is 11.3. The number of nitrogens with zero attached hydrogens (tertiary/aromatic N) is 1. The Bertz CT molecular complexity index is 217. The summed E-state index contributed by atoms with van der Waals surface area (Å²) in [5, 5.41) is 3.58. The summed E-state index contributed by atoms with van der Waals surface area (Å²) < 4.78 is 0. The molecule has 0 saturated carbocycles. The maximum atomic E-state index is 3.58. The molecule has 0 aliphatic carbocycles. The van der Waals surface area contributed by atoms with Crippen LogP contribution in [0.3, 0.4) is 0 Å². The molecule has 1 spiro atoms. The molecule has 16 heavy (non-hydrogen) atoms. The molecule has 1 N–H and O–H groups in total. The summed E-state index contributed by atoms with van der Waals surface area (Å²) in [5.74, 6) is 0.926. The average Bonchev–Trinajstić information content (AvgIpc) is 2.30. The Morgan fingerprint density at radius 2 is 1.94 bits per heavy atom. The fraction of sp³-hybridized carbons (Fsp3) is 1.00. The van der Waals surface area contributed by atoms with Crippen LogP contribution in [0.25, 0.3) is 0 Å². The van der Waals surface area contributed by atoms with Crippen molar-refractivity contribution in [3.63, 3.8) is 0 Å². The Morgan fingerprint density at radius 1 is 1.25 bits per heavy atom. The van der Waals surface area contributed by atoms with Crippen LogP contribution < -0.4 is 5.32 Å². The third-order valence-corrected chi connectivity index (χ3v) is 5.07. The van der Waals surface area contributed by atoms with E-state index in [0.717, 1.165) is 12.0 Å². The van der Waals surface area contributed by atoms with Crippen molar-refractivity contribution in [3.8, 4) is 0 Å². The van der Waals surface area contributed by atoms with Crippen LogP contribution in [-0.4, -0.2) is 37.1 Å². The van der Waals surface area contributed by atoms with Crippen molar-refractivity contribution in [2.24, 2.45) is 11.3 Å². The molecule has 2 heterocycles. The van der Waals surface area contributed by atoms with Crippen LogP contribution in [0.15, 0.2) is 0 Å². The van der Waals surface area contributed by atoms with E-state index < -0.39 is 0 Å². The lowest BCUT2D eigenvalue weighted by Crippen LogP contribution is -2.52. The lowest BCUT2D eigenvalue weighted by molar-refractivity contribution is 0.0107. The first-order valence-corrected chi connectivity index (χ1v) is 7.13. The van der Waals surface area contributed by atoms with E-state index in [1.165, 1.54) is 51.9 Å². The molecule has 2 fully saturated rings. The van der Waals surface area contributed by atoms with Crippen molar-refractivity contribution in [2.45, 2.75) is 52.5 Å². The molecule has 0 amide bonds. The molecule has 0 bridgehead atoms. The van der Waals surface area contributed by atoms with E-state index >= 15 is 0 Å². The van der Waals surface area contributed by atoms with E-state index in [1.54, 1.807) is 0 Å². The first kappa shape index (κ1) is 12.4. The van der Waals surface area contributed by atoms with Gasteiger partial charge in [0.2, 0.25) is 0 Å². The molecular formula is C14H28N2. The number of nitrogens with one attached hydrogen (secondary N) is 1. The molecule has 2 nitrogen and oxygen atoms in total. The van der Waals surface area contributed by atoms with E-state index in [9.17, 15) is 0 Å². The molecule has 2 rings (SSSR count). The van der Waals surface area contributed by atoms with Crippen molar-refractivity contribution < 1.29 is 0 Å². The molecule has 0 radical (unpaired) electrons. The molecule has 0 aromatic carbocycles. The van der Waals surface area contributed by atoms with Crippen LogP contribution in [-0.2, 0) is 0 Å². The summed E-state index contributed by atoms with van der Waals surface area (Å²) in [5.41, 5.74) is 0.686. The maximum Gasteiger partial charge on any atom is 0.00385 e. The number of rotatable bonds is 2. The highest BCUT2D eigenvalue weighted by molar-refractivity contribution is 4.95. The van der Waals surface area contributed by atoms with Crippen molar-refractivity contribution in [1.29, 1.82) is 0 Å². The van der Waals surface area contributed by atoms with E-state index in [4.69, 9.17) is 0 Å². The molecule has 94 valence electrons. The monoisotopic (exact) mass is 224 g/mol. The van der Waals surface area contributed by atoms with Gasteiger partial charge in [-0.15, -0.1) is 0 Å². The van der Waals surface area contributed by atoms with Crippen molar-refractivity contribution in [1.82, 2.24) is 10.2 Å². The summed E-state index contributed by atoms with van der Waals surface area (Å²) >= 11 is 0. The predicted octanol–water partition coefficient (Wildman–Crippen LogP) is 2.50.